The first kappa shape index (κ1) is 21.3. The van der Waals surface area contributed by atoms with Crippen molar-refractivity contribution in [2.24, 2.45) is 0 Å². The van der Waals surface area contributed by atoms with Gasteiger partial charge in [0.2, 0.25) is 10.0 Å². The third-order valence-electron chi connectivity index (χ3n) is 5.41. The quantitative estimate of drug-likeness (QED) is 0.385. The molecule has 3 N–H and O–H groups in total. The van der Waals surface area contributed by atoms with Crippen LogP contribution in [0.2, 0.25) is 0 Å². The van der Waals surface area contributed by atoms with E-state index in [0.717, 1.165) is 12.8 Å². The van der Waals surface area contributed by atoms with Crippen molar-refractivity contribution in [1.82, 2.24) is 14.7 Å². The number of nitrogens with one attached hydrogen (secondary N) is 3. The van der Waals surface area contributed by atoms with E-state index in [4.69, 9.17) is 0 Å². The Kier molecular flexibility index (Phi) is 5.43. The molecule has 1 fully saturated rings. The Morgan fingerprint density at radius 1 is 1.06 bits per heavy atom. The second kappa shape index (κ2) is 8.42. The van der Waals surface area contributed by atoms with Gasteiger partial charge in [0.1, 0.15) is 11.6 Å². The Morgan fingerprint density at radius 3 is 2.67 bits per heavy atom. The van der Waals surface area contributed by atoms with E-state index >= 15 is 0 Å². The van der Waals surface area contributed by atoms with Gasteiger partial charge in [-0.2, -0.15) is 0 Å². The van der Waals surface area contributed by atoms with E-state index in [1.807, 2.05) is 0 Å². The first-order chi connectivity index (χ1) is 15.9. The van der Waals surface area contributed by atoms with E-state index in [9.17, 15) is 17.6 Å². The van der Waals surface area contributed by atoms with E-state index in [2.05, 4.69) is 20.0 Å². The van der Waals surface area contributed by atoms with Gasteiger partial charge >= 0.3 is 0 Å². The number of anilines is 1. The number of hydrogen-bond donors (Lipinski definition) is 3. The van der Waals surface area contributed by atoms with E-state index in [0.29, 0.717) is 34.5 Å². The molecule has 1 amide bonds. The summed E-state index contributed by atoms with van der Waals surface area (Å²) in [6.45, 7) is 0. The molecule has 0 spiro atoms. The standard InChI is InChI=1S/C24H21FN4O3S/c25-20-7-2-1-4-15(20)13-23-27-21-11-10-18(14-22(21)28-23)26-24(30)16-5-3-6-19(12-16)33(31,32)29-17-8-9-17/h1-7,10-12,14,17,29H,8-9,13H2,(H,26,30)(H,27,28). The maximum atomic E-state index is 13.9. The topological polar surface area (TPSA) is 104 Å². The summed E-state index contributed by atoms with van der Waals surface area (Å²) < 4.78 is 41.4. The average molecular weight is 465 g/mol. The maximum absolute atomic E-state index is 13.9. The highest BCUT2D eigenvalue weighted by Gasteiger charge is 2.28. The van der Waals surface area contributed by atoms with E-state index in [-0.39, 0.29) is 22.3 Å². The molecular weight excluding hydrogens is 443 g/mol. The third kappa shape index (κ3) is 4.79. The van der Waals surface area contributed by atoms with Crippen molar-refractivity contribution in [3.63, 3.8) is 0 Å². The van der Waals surface area contributed by atoms with Gasteiger partial charge in [-0.25, -0.2) is 22.5 Å². The van der Waals surface area contributed by atoms with Crippen LogP contribution in [0.1, 0.15) is 34.6 Å². The van der Waals surface area contributed by atoms with Crippen LogP contribution in [0.15, 0.2) is 71.6 Å². The summed E-state index contributed by atoms with van der Waals surface area (Å²) >= 11 is 0. The zero-order valence-electron chi connectivity index (χ0n) is 17.5. The number of fused-ring (bicyclic) bond motifs is 1. The number of rotatable bonds is 7. The van der Waals surface area contributed by atoms with Crippen LogP contribution in [-0.4, -0.2) is 30.3 Å². The molecule has 7 nitrogen and oxygen atoms in total. The Balaban J connectivity index is 1.33. The van der Waals surface area contributed by atoms with Crippen LogP contribution in [0.25, 0.3) is 11.0 Å². The Hall–Kier alpha value is -3.56. The van der Waals surface area contributed by atoms with Gasteiger partial charge in [0.25, 0.3) is 5.91 Å². The number of hydrogen-bond acceptors (Lipinski definition) is 4. The summed E-state index contributed by atoms with van der Waals surface area (Å²) in [5.74, 6) is -0.106. The maximum Gasteiger partial charge on any atom is 0.255 e. The highest BCUT2D eigenvalue weighted by Crippen LogP contribution is 2.23. The molecule has 33 heavy (non-hydrogen) atoms. The molecule has 0 saturated heterocycles. The number of H-pyrrole nitrogens is 1. The largest absolute Gasteiger partial charge is 0.342 e. The fourth-order valence-corrected chi connectivity index (χ4v) is 4.89. The molecule has 4 aromatic rings. The Bertz CT molecular complexity index is 1460. The molecule has 1 saturated carbocycles. The van der Waals surface area contributed by atoms with Gasteiger partial charge in [0, 0.05) is 23.7 Å². The van der Waals surface area contributed by atoms with E-state index in [1.165, 1.54) is 18.2 Å². The van der Waals surface area contributed by atoms with Crippen LogP contribution in [-0.2, 0) is 16.4 Å². The van der Waals surface area contributed by atoms with Crippen molar-refractivity contribution in [3.8, 4) is 0 Å². The number of carbonyl (C=O) groups is 1. The van der Waals surface area contributed by atoms with Crippen molar-refractivity contribution in [3.05, 3.63) is 89.5 Å². The smallest absolute Gasteiger partial charge is 0.255 e. The zero-order chi connectivity index (χ0) is 23.0. The number of sulfonamides is 1. The summed E-state index contributed by atoms with van der Waals surface area (Å²) in [4.78, 5) is 20.5. The normalized spacial score (nSPS) is 13.8. The number of halogens is 1. The van der Waals surface area contributed by atoms with Gasteiger partial charge < -0.3 is 10.3 Å². The molecule has 0 bridgehead atoms. The molecule has 0 radical (unpaired) electrons. The minimum Gasteiger partial charge on any atom is -0.342 e. The second-order valence-corrected chi connectivity index (χ2v) is 9.78. The van der Waals surface area contributed by atoms with Gasteiger partial charge in [0.15, 0.2) is 0 Å². The molecule has 1 heterocycles. The lowest BCUT2D eigenvalue weighted by Gasteiger charge is -2.08. The number of aromatic nitrogens is 2. The third-order valence-corrected chi connectivity index (χ3v) is 6.93. The van der Waals surface area contributed by atoms with Gasteiger partial charge in [-0.1, -0.05) is 24.3 Å². The van der Waals surface area contributed by atoms with Gasteiger partial charge in [-0.15, -0.1) is 0 Å². The number of nitrogens with zero attached hydrogens (tertiary/aromatic N) is 1. The molecule has 0 aliphatic heterocycles. The summed E-state index contributed by atoms with van der Waals surface area (Å²) in [6, 6.07) is 17.7. The molecule has 5 rings (SSSR count). The molecule has 168 valence electrons. The van der Waals surface area contributed by atoms with Crippen LogP contribution in [0, 0.1) is 5.82 Å². The predicted molar refractivity (Wildman–Crippen MR) is 123 cm³/mol. The van der Waals surface area contributed by atoms with Gasteiger partial charge in [-0.05, 0) is 60.9 Å². The first-order valence-corrected chi connectivity index (χ1v) is 12.0. The van der Waals surface area contributed by atoms with Crippen LogP contribution in [0.5, 0.6) is 0 Å². The van der Waals surface area contributed by atoms with E-state index in [1.54, 1.807) is 48.5 Å². The fraction of sp³-hybridized carbons (Fsp3) is 0.167. The zero-order valence-corrected chi connectivity index (χ0v) is 18.3. The molecule has 0 atom stereocenters. The highest BCUT2D eigenvalue weighted by atomic mass is 32.2. The van der Waals surface area contributed by atoms with Crippen LogP contribution in [0.4, 0.5) is 10.1 Å². The van der Waals surface area contributed by atoms with Crippen LogP contribution in [0.3, 0.4) is 0 Å². The lowest BCUT2D eigenvalue weighted by molar-refractivity contribution is 0.102. The first-order valence-electron chi connectivity index (χ1n) is 10.5. The minimum atomic E-state index is -3.65. The number of imidazole rings is 1. The molecule has 3 aromatic carbocycles. The molecule has 1 aromatic heterocycles. The number of aromatic amines is 1. The summed E-state index contributed by atoms with van der Waals surface area (Å²) in [7, 11) is -3.65. The highest BCUT2D eigenvalue weighted by molar-refractivity contribution is 7.89. The SMILES string of the molecule is O=C(Nc1ccc2nc(Cc3ccccc3F)[nH]c2c1)c1cccc(S(=O)(=O)NC2CC2)c1. The van der Waals surface area contributed by atoms with Crippen LogP contribution >= 0.6 is 0 Å². The summed E-state index contributed by atoms with van der Waals surface area (Å²) in [5, 5.41) is 2.79. The summed E-state index contributed by atoms with van der Waals surface area (Å²) in [6.07, 6.45) is 1.98. The summed E-state index contributed by atoms with van der Waals surface area (Å²) in [5.41, 5.74) is 2.69. The van der Waals surface area contributed by atoms with Gasteiger partial charge in [-0.3, -0.25) is 4.79 Å². The molecular formula is C24H21FN4O3S. The van der Waals surface area contributed by atoms with Crippen molar-refractivity contribution >= 4 is 32.7 Å². The number of carbonyl (C=O) groups excluding carboxylic acids is 1. The predicted octanol–water partition coefficient (Wildman–Crippen LogP) is 3.99. The van der Waals surface area contributed by atoms with Crippen molar-refractivity contribution in [1.29, 1.82) is 0 Å². The monoisotopic (exact) mass is 464 g/mol. The minimum absolute atomic E-state index is 0.0168. The molecule has 1 aliphatic rings. The number of amides is 1. The van der Waals surface area contributed by atoms with Crippen LogP contribution < -0.4 is 10.0 Å². The molecule has 1 aliphatic carbocycles. The fourth-order valence-electron chi connectivity index (χ4n) is 3.54. The number of benzene rings is 3. The lowest BCUT2D eigenvalue weighted by atomic mass is 10.1. The van der Waals surface area contributed by atoms with E-state index < -0.39 is 15.9 Å². The van der Waals surface area contributed by atoms with Crippen molar-refractivity contribution in [2.75, 3.05) is 5.32 Å². The van der Waals surface area contributed by atoms with Gasteiger partial charge in [0.05, 0.1) is 15.9 Å². The van der Waals surface area contributed by atoms with Crippen molar-refractivity contribution < 1.29 is 17.6 Å². The Labute approximate surface area is 190 Å². The molecule has 9 heteroatoms. The lowest BCUT2D eigenvalue weighted by Crippen LogP contribution is -2.26. The second-order valence-electron chi connectivity index (χ2n) is 8.06. The molecule has 0 unspecified atom stereocenters. The average Bonchev–Trinajstić information content (AvgIpc) is 3.51. The van der Waals surface area contributed by atoms with Crippen molar-refractivity contribution in [2.45, 2.75) is 30.2 Å². The Morgan fingerprint density at radius 2 is 1.88 bits per heavy atom.